The Kier molecular flexibility index (Phi) is 4.90. The van der Waals surface area contributed by atoms with Crippen molar-refractivity contribution in [2.75, 3.05) is 11.9 Å². The number of para-hydroxylation sites is 1. The molecule has 0 unspecified atom stereocenters. The fourth-order valence-electron chi connectivity index (χ4n) is 2.30. The molecule has 3 aromatic rings. The molecule has 0 saturated carbocycles. The number of anilines is 1. The first kappa shape index (κ1) is 16.9. The number of carbonyl (C=O) groups is 2. The van der Waals surface area contributed by atoms with Gasteiger partial charge >= 0.3 is 5.97 Å². The summed E-state index contributed by atoms with van der Waals surface area (Å²) in [5, 5.41) is 3.21. The van der Waals surface area contributed by atoms with Gasteiger partial charge in [-0.1, -0.05) is 23.7 Å². The van der Waals surface area contributed by atoms with Crippen LogP contribution in [-0.2, 0) is 9.53 Å². The maximum absolute atomic E-state index is 12.2. The van der Waals surface area contributed by atoms with E-state index >= 15 is 0 Å². The summed E-state index contributed by atoms with van der Waals surface area (Å²) in [7, 11) is 0. The van der Waals surface area contributed by atoms with Crippen LogP contribution in [-0.4, -0.2) is 28.5 Å². The van der Waals surface area contributed by atoms with Gasteiger partial charge in [0.15, 0.2) is 6.61 Å². The lowest BCUT2D eigenvalue weighted by Crippen LogP contribution is -2.21. The molecular weight excluding hydrogens is 342 g/mol. The van der Waals surface area contributed by atoms with Gasteiger partial charge in [-0.05, 0) is 36.8 Å². The number of rotatable bonds is 4. The van der Waals surface area contributed by atoms with Crippen LogP contribution in [0.5, 0.6) is 0 Å². The van der Waals surface area contributed by atoms with Gasteiger partial charge in [-0.15, -0.1) is 0 Å². The van der Waals surface area contributed by atoms with Gasteiger partial charge in [-0.2, -0.15) is 0 Å². The molecule has 7 heteroatoms. The minimum Gasteiger partial charge on any atom is -0.452 e. The van der Waals surface area contributed by atoms with Crippen molar-refractivity contribution in [1.29, 1.82) is 0 Å². The first-order valence-corrected chi connectivity index (χ1v) is 7.86. The van der Waals surface area contributed by atoms with Gasteiger partial charge in [0.2, 0.25) is 0 Å². The standard InChI is InChI=1S/C18H14ClN3O3/c1-11-13(19)5-3-6-14(11)22-16(23)10-25-18(24)12-4-2-7-15-17(12)21-9-8-20-15/h2-9H,10H2,1H3,(H,22,23). The van der Waals surface area contributed by atoms with Gasteiger partial charge in [0, 0.05) is 23.1 Å². The zero-order chi connectivity index (χ0) is 17.8. The van der Waals surface area contributed by atoms with E-state index in [1.165, 1.54) is 12.4 Å². The van der Waals surface area contributed by atoms with E-state index in [2.05, 4.69) is 15.3 Å². The molecule has 1 aromatic heterocycles. The predicted octanol–water partition coefficient (Wildman–Crippen LogP) is 3.39. The van der Waals surface area contributed by atoms with Crippen LogP contribution in [0.1, 0.15) is 15.9 Å². The van der Waals surface area contributed by atoms with Crippen molar-refractivity contribution < 1.29 is 14.3 Å². The topological polar surface area (TPSA) is 81.2 Å². The van der Waals surface area contributed by atoms with Gasteiger partial charge in [-0.25, -0.2) is 4.79 Å². The second kappa shape index (κ2) is 7.27. The van der Waals surface area contributed by atoms with Crippen molar-refractivity contribution in [3.05, 3.63) is 64.9 Å². The summed E-state index contributed by atoms with van der Waals surface area (Å²) >= 11 is 6.01. The molecule has 126 valence electrons. The SMILES string of the molecule is Cc1c(Cl)cccc1NC(=O)COC(=O)c1cccc2nccnc12. The molecular formula is C18H14ClN3O3. The monoisotopic (exact) mass is 355 g/mol. The minimum absolute atomic E-state index is 0.261. The third kappa shape index (κ3) is 3.75. The molecule has 0 fully saturated rings. The summed E-state index contributed by atoms with van der Waals surface area (Å²) in [6.45, 7) is 1.38. The van der Waals surface area contributed by atoms with Crippen molar-refractivity contribution in [2.24, 2.45) is 0 Å². The Morgan fingerprint density at radius 2 is 1.88 bits per heavy atom. The van der Waals surface area contributed by atoms with E-state index in [0.29, 0.717) is 21.7 Å². The lowest BCUT2D eigenvalue weighted by Gasteiger charge is -2.10. The maximum atomic E-state index is 12.2. The largest absolute Gasteiger partial charge is 0.452 e. The molecule has 3 rings (SSSR count). The van der Waals surface area contributed by atoms with Crippen LogP contribution < -0.4 is 5.32 Å². The summed E-state index contributed by atoms with van der Waals surface area (Å²) in [6, 6.07) is 10.2. The Bertz CT molecular complexity index is 954. The number of fused-ring (bicyclic) bond motifs is 1. The Balaban J connectivity index is 1.67. The molecule has 2 aromatic carbocycles. The van der Waals surface area contributed by atoms with Crippen molar-refractivity contribution in [2.45, 2.75) is 6.92 Å². The Morgan fingerprint density at radius 3 is 2.72 bits per heavy atom. The molecule has 0 radical (unpaired) electrons. The van der Waals surface area contributed by atoms with Gasteiger partial charge in [0.1, 0.15) is 5.52 Å². The molecule has 0 aliphatic rings. The van der Waals surface area contributed by atoms with Crippen LogP contribution in [0.3, 0.4) is 0 Å². The number of nitrogens with zero attached hydrogens (tertiary/aromatic N) is 2. The van der Waals surface area contributed by atoms with E-state index in [0.717, 1.165) is 5.56 Å². The lowest BCUT2D eigenvalue weighted by molar-refractivity contribution is -0.119. The Morgan fingerprint density at radius 1 is 1.12 bits per heavy atom. The first-order valence-electron chi connectivity index (χ1n) is 7.48. The highest BCUT2D eigenvalue weighted by Gasteiger charge is 2.15. The molecule has 0 aliphatic heterocycles. The van der Waals surface area contributed by atoms with Gasteiger partial charge in [0.05, 0.1) is 11.1 Å². The molecule has 1 heterocycles. The molecule has 1 amide bonds. The summed E-state index contributed by atoms with van der Waals surface area (Å²) in [4.78, 5) is 32.5. The van der Waals surface area contributed by atoms with Crippen LogP contribution in [0.15, 0.2) is 48.8 Å². The highest BCUT2D eigenvalue weighted by molar-refractivity contribution is 6.31. The summed E-state index contributed by atoms with van der Waals surface area (Å²) < 4.78 is 5.09. The normalized spacial score (nSPS) is 10.5. The molecule has 0 atom stereocenters. The number of ether oxygens (including phenoxy) is 1. The first-order chi connectivity index (χ1) is 12.1. The molecule has 0 aliphatic carbocycles. The highest BCUT2D eigenvalue weighted by atomic mass is 35.5. The van der Waals surface area contributed by atoms with E-state index in [4.69, 9.17) is 16.3 Å². The number of nitrogens with one attached hydrogen (secondary N) is 1. The van der Waals surface area contributed by atoms with Gasteiger partial charge in [0.25, 0.3) is 5.91 Å². The van der Waals surface area contributed by atoms with Crippen LogP contribution in [0.4, 0.5) is 5.69 Å². The third-order valence-electron chi connectivity index (χ3n) is 3.59. The predicted molar refractivity (Wildman–Crippen MR) is 94.6 cm³/mol. The average Bonchev–Trinajstić information content (AvgIpc) is 2.63. The van der Waals surface area contributed by atoms with Crippen molar-refractivity contribution in [3.8, 4) is 0 Å². The number of amides is 1. The smallest absolute Gasteiger partial charge is 0.340 e. The summed E-state index contributed by atoms with van der Waals surface area (Å²) in [6.07, 6.45) is 3.03. The van der Waals surface area contributed by atoms with E-state index in [1.54, 1.807) is 43.3 Å². The number of esters is 1. The quantitative estimate of drug-likeness (QED) is 0.725. The second-order valence-corrected chi connectivity index (χ2v) is 5.67. The molecule has 1 N–H and O–H groups in total. The van der Waals surface area contributed by atoms with Crippen LogP contribution >= 0.6 is 11.6 Å². The molecule has 0 spiro atoms. The Hall–Kier alpha value is -2.99. The van der Waals surface area contributed by atoms with Gasteiger partial charge in [-0.3, -0.25) is 14.8 Å². The van der Waals surface area contributed by atoms with Crippen LogP contribution in [0, 0.1) is 6.92 Å². The third-order valence-corrected chi connectivity index (χ3v) is 4.00. The number of hydrogen-bond donors (Lipinski definition) is 1. The van der Waals surface area contributed by atoms with Crippen LogP contribution in [0.2, 0.25) is 5.02 Å². The Labute approximate surface area is 148 Å². The zero-order valence-electron chi connectivity index (χ0n) is 13.3. The molecule has 6 nitrogen and oxygen atoms in total. The summed E-state index contributed by atoms with van der Waals surface area (Å²) in [5.74, 6) is -1.09. The van der Waals surface area contributed by atoms with E-state index in [9.17, 15) is 9.59 Å². The zero-order valence-corrected chi connectivity index (χ0v) is 14.1. The van der Waals surface area contributed by atoms with Crippen molar-refractivity contribution >= 4 is 40.2 Å². The molecule has 25 heavy (non-hydrogen) atoms. The van der Waals surface area contributed by atoms with Crippen molar-refractivity contribution in [1.82, 2.24) is 9.97 Å². The molecule has 0 bridgehead atoms. The average molecular weight is 356 g/mol. The molecule has 0 saturated heterocycles. The number of aromatic nitrogens is 2. The number of halogens is 1. The van der Waals surface area contributed by atoms with E-state index in [1.807, 2.05) is 0 Å². The number of carbonyl (C=O) groups excluding carboxylic acids is 2. The maximum Gasteiger partial charge on any atom is 0.340 e. The highest BCUT2D eigenvalue weighted by Crippen LogP contribution is 2.22. The number of benzene rings is 2. The minimum atomic E-state index is -0.635. The fourth-order valence-corrected chi connectivity index (χ4v) is 2.47. The second-order valence-electron chi connectivity index (χ2n) is 5.27. The summed E-state index contributed by atoms with van der Waals surface area (Å²) in [5.41, 5.74) is 2.59. The lowest BCUT2D eigenvalue weighted by atomic mass is 10.2. The van der Waals surface area contributed by atoms with Crippen LogP contribution in [0.25, 0.3) is 11.0 Å². The van der Waals surface area contributed by atoms with E-state index in [-0.39, 0.29) is 5.56 Å². The number of hydrogen-bond acceptors (Lipinski definition) is 5. The fraction of sp³-hybridized carbons (Fsp3) is 0.111. The van der Waals surface area contributed by atoms with Gasteiger partial charge < -0.3 is 10.1 Å². The van der Waals surface area contributed by atoms with E-state index < -0.39 is 18.5 Å². The van der Waals surface area contributed by atoms with Crippen molar-refractivity contribution in [3.63, 3.8) is 0 Å².